The highest BCUT2D eigenvalue weighted by atomic mass is 16.5. The van der Waals surface area contributed by atoms with Crippen LogP contribution < -0.4 is 15.0 Å². The first kappa shape index (κ1) is 19.8. The summed E-state index contributed by atoms with van der Waals surface area (Å²) in [6, 6.07) is 17.8. The number of rotatable bonds is 9. The molecule has 2 aromatic carbocycles. The van der Waals surface area contributed by atoms with Crippen LogP contribution in [0.4, 0.5) is 5.69 Å². The Bertz CT molecular complexity index is 677. The SMILES string of the molecule is CCCC[C@H](NCc1ccc(OC)cc1)c1ccccc1N1CCCCC1. The molecule has 0 bridgehead atoms. The van der Waals surface area contributed by atoms with Gasteiger partial charge in [-0.2, -0.15) is 0 Å². The predicted octanol–water partition coefficient (Wildman–Crippen LogP) is 5.71. The summed E-state index contributed by atoms with van der Waals surface area (Å²) in [5.74, 6) is 0.914. The second-order valence-corrected chi connectivity index (χ2v) is 7.53. The van der Waals surface area contributed by atoms with E-state index in [-0.39, 0.29) is 0 Å². The smallest absolute Gasteiger partial charge is 0.118 e. The molecule has 0 amide bonds. The molecule has 0 radical (unpaired) electrons. The summed E-state index contributed by atoms with van der Waals surface area (Å²) < 4.78 is 5.27. The van der Waals surface area contributed by atoms with Crippen LogP contribution in [0.2, 0.25) is 0 Å². The molecule has 3 nitrogen and oxygen atoms in total. The molecule has 146 valence electrons. The first-order valence-corrected chi connectivity index (χ1v) is 10.5. The van der Waals surface area contributed by atoms with Crippen molar-refractivity contribution in [2.75, 3.05) is 25.1 Å². The molecule has 0 spiro atoms. The zero-order valence-corrected chi connectivity index (χ0v) is 16.9. The Hall–Kier alpha value is -2.00. The molecule has 1 saturated heterocycles. The summed E-state index contributed by atoms with van der Waals surface area (Å²) in [6.45, 7) is 5.54. The third kappa shape index (κ3) is 5.49. The maximum atomic E-state index is 5.27. The van der Waals surface area contributed by atoms with Gasteiger partial charge in [0.25, 0.3) is 0 Å². The summed E-state index contributed by atoms with van der Waals surface area (Å²) in [4.78, 5) is 2.59. The van der Waals surface area contributed by atoms with Crippen molar-refractivity contribution < 1.29 is 4.74 Å². The van der Waals surface area contributed by atoms with E-state index in [4.69, 9.17) is 4.74 Å². The lowest BCUT2D eigenvalue weighted by molar-refractivity contribution is 0.414. The molecule has 1 atom stereocenters. The maximum Gasteiger partial charge on any atom is 0.118 e. The van der Waals surface area contributed by atoms with E-state index in [0.717, 1.165) is 12.3 Å². The fourth-order valence-electron chi connectivity index (χ4n) is 3.97. The fraction of sp³-hybridized carbons (Fsp3) is 0.500. The van der Waals surface area contributed by atoms with Crippen LogP contribution in [-0.4, -0.2) is 20.2 Å². The van der Waals surface area contributed by atoms with Crippen LogP contribution in [0.15, 0.2) is 48.5 Å². The van der Waals surface area contributed by atoms with Gasteiger partial charge in [0.1, 0.15) is 5.75 Å². The minimum absolute atomic E-state index is 0.394. The summed E-state index contributed by atoms with van der Waals surface area (Å²) in [5.41, 5.74) is 4.19. The number of piperidine rings is 1. The topological polar surface area (TPSA) is 24.5 Å². The van der Waals surface area contributed by atoms with Crippen molar-refractivity contribution >= 4 is 5.69 Å². The zero-order chi connectivity index (χ0) is 18.9. The standard InChI is InChI=1S/C24H34N2O/c1-3-4-11-23(25-19-20-13-15-21(27-2)16-14-20)22-10-6-7-12-24(22)26-17-8-5-9-18-26/h6-7,10,12-16,23,25H,3-5,8-9,11,17-19H2,1-2H3/t23-/m0/s1. The summed E-state index contributed by atoms with van der Waals surface area (Å²) in [5, 5.41) is 3.84. The quantitative estimate of drug-likeness (QED) is 0.615. The molecular weight excluding hydrogens is 332 g/mol. The highest BCUT2D eigenvalue weighted by Gasteiger charge is 2.19. The van der Waals surface area contributed by atoms with E-state index in [2.05, 4.69) is 53.5 Å². The third-order valence-corrected chi connectivity index (χ3v) is 5.57. The molecule has 1 heterocycles. The minimum Gasteiger partial charge on any atom is -0.497 e. The van der Waals surface area contributed by atoms with Crippen LogP contribution in [-0.2, 0) is 6.54 Å². The molecule has 3 rings (SSSR count). The Morgan fingerprint density at radius 1 is 1.00 bits per heavy atom. The molecule has 1 N–H and O–H groups in total. The molecule has 27 heavy (non-hydrogen) atoms. The number of nitrogens with one attached hydrogen (secondary N) is 1. The first-order valence-electron chi connectivity index (χ1n) is 10.5. The van der Waals surface area contributed by atoms with Gasteiger partial charge in [-0.25, -0.2) is 0 Å². The van der Waals surface area contributed by atoms with Crippen molar-refractivity contribution in [3.63, 3.8) is 0 Å². The third-order valence-electron chi connectivity index (χ3n) is 5.57. The van der Waals surface area contributed by atoms with Crippen LogP contribution >= 0.6 is 0 Å². The van der Waals surface area contributed by atoms with Gasteiger partial charge in [-0.1, -0.05) is 50.1 Å². The molecular formula is C24H34N2O. The Kier molecular flexibility index (Phi) is 7.58. The largest absolute Gasteiger partial charge is 0.497 e. The number of benzene rings is 2. The van der Waals surface area contributed by atoms with Gasteiger partial charge in [0, 0.05) is 31.4 Å². The van der Waals surface area contributed by atoms with Crippen LogP contribution in [0.3, 0.4) is 0 Å². The molecule has 1 aliphatic heterocycles. The van der Waals surface area contributed by atoms with Crippen LogP contribution in [0.5, 0.6) is 5.75 Å². The maximum absolute atomic E-state index is 5.27. The van der Waals surface area contributed by atoms with Crippen molar-refractivity contribution in [3.8, 4) is 5.75 Å². The average Bonchev–Trinajstić information content (AvgIpc) is 2.75. The Morgan fingerprint density at radius 3 is 2.44 bits per heavy atom. The van der Waals surface area contributed by atoms with Crippen molar-refractivity contribution in [3.05, 3.63) is 59.7 Å². The number of nitrogens with zero attached hydrogens (tertiary/aromatic N) is 1. The van der Waals surface area contributed by atoms with E-state index < -0.39 is 0 Å². The number of ether oxygens (including phenoxy) is 1. The van der Waals surface area contributed by atoms with E-state index in [1.54, 1.807) is 7.11 Å². The van der Waals surface area contributed by atoms with Gasteiger partial charge >= 0.3 is 0 Å². The monoisotopic (exact) mass is 366 g/mol. The van der Waals surface area contributed by atoms with Gasteiger partial charge in [-0.15, -0.1) is 0 Å². The number of unbranched alkanes of at least 4 members (excludes halogenated alkanes) is 1. The molecule has 2 aromatic rings. The second kappa shape index (κ2) is 10.4. The summed E-state index contributed by atoms with van der Waals surface area (Å²) >= 11 is 0. The Labute approximate surface area is 164 Å². The van der Waals surface area contributed by atoms with Gasteiger partial charge in [0.2, 0.25) is 0 Å². The van der Waals surface area contributed by atoms with Crippen LogP contribution in [0.25, 0.3) is 0 Å². The van der Waals surface area contributed by atoms with Crippen molar-refractivity contribution in [2.45, 2.75) is 58.0 Å². The number of hydrogen-bond acceptors (Lipinski definition) is 3. The van der Waals surface area contributed by atoms with Crippen molar-refractivity contribution in [2.24, 2.45) is 0 Å². The Balaban J connectivity index is 1.75. The van der Waals surface area contributed by atoms with Gasteiger partial charge in [-0.05, 0) is 55.0 Å². The van der Waals surface area contributed by atoms with E-state index in [1.165, 1.54) is 68.4 Å². The number of para-hydroxylation sites is 1. The van der Waals surface area contributed by atoms with E-state index in [1.807, 2.05) is 12.1 Å². The van der Waals surface area contributed by atoms with E-state index in [9.17, 15) is 0 Å². The van der Waals surface area contributed by atoms with Gasteiger partial charge in [-0.3, -0.25) is 0 Å². The zero-order valence-electron chi connectivity index (χ0n) is 16.9. The average molecular weight is 367 g/mol. The molecule has 0 unspecified atom stereocenters. The summed E-state index contributed by atoms with van der Waals surface area (Å²) in [6.07, 6.45) is 7.65. The Morgan fingerprint density at radius 2 is 1.74 bits per heavy atom. The van der Waals surface area contributed by atoms with E-state index in [0.29, 0.717) is 6.04 Å². The second-order valence-electron chi connectivity index (χ2n) is 7.53. The van der Waals surface area contributed by atoms with Crippen LogP contribution in [0, 0.1) is 0 Å². The lowest BCUT2D eigenvalue weighted by Gasteiger charge is -2.33. The van der Waals surface area contributed by atoms with Crippen LogP contribution in [0.1, 0.15) is 62.6 Å². The lowest BCUT2D eigenvalue weighted by atomic mass is 9.97. The lowest BCUT2D eigenvalue weighted by Crippen LogP contribution is -2.32. The fourth-order valence-corrected chi connectivity index (χ4v) is 3.97. The minimum atomic E-state index is 0.394. The highest BCUT2D eigenvalue weighted by molar-refractivity contribution is 5.55. The number of methoxy groups -OCH3 is 1. The molecule has 3 heteroatoms. The molecule has 0 aromatic heterocycles. The van der Waals surface area contributed by atoms with E-state index >= 15 is 0 Å². The normalized spacial score (nSPS) is 15.6. The van der Waals surface area contributed by atoms with Gasteiger partial charge < -0.3 is 15.0 Å². The van der Waals surface area contributed by atoms with Gasteiger partial charge in [0.05, 0.1) is 7.11 Å². The van der Waals surface area contributed by atoms with Gasteiger partial charge in [0.15, 0.2) is 0 Å². The molecule has 0 saturated carbocycles. The highest BCUT2D eigenvalue weighted by Crippen LogP contribution is 2.31. The first-order chi connectivity index (χ1) is 13.3. The van der Waals surface area contributed by atoms with Crippen molar-refractivity contribution in [1.29, 1.82) is 0 Å². The molecule has 1 aliphatic rings. The molecule has 0 aliphatic carbocycles. The van der Waals surface area contributed by atoms with Crippen molar-refractivity contribution in [1.82, 2.24) is 5.32 Å². The summed E-state index contributed by atoms with van der Waals surface area (Å²) in [7, 11) is 1.71. The number of anilines is 1. The number of hydrogen-bond donors (Lipinski definition) is 1. The molecule has 1 fully saturated rings. The predicted molar refractivity (Wildman–Crippen MR) is 115 cm³/mol.